The summed E-state index contributed by atoms with van der Waals surface area (Å²) in [7, 11) is 3.01. The lowest BCUT2D eigenvalue weighted by Crippen LogP contribution is -2.19. The van der Waals surface area contributed by atoms with Crippen LogP contribution in [-0.2, 0) is 4.79 Å². The van der Waals surface area contributed by atoms with E-state index in [9.17, 15) is 9.59 Å². The molecule has 0 radical (unpaired) electrons. The van der Waals surface area contributed by atoms with Crippen molar-refractivity contribution >= 4 is 46.6 Å². The summed E-state index contributed by atoms with van der Waals surface area (Å²) in [5.74, 6) is 0.291. The van der Waals surface area contributed by atoms with Crippen LogP contribution in [0.3, 0.4) is 0 Å². The van der Waals surface area contributed by atoms with Gasteiger partial charge < -0.3 is 20.1 Å². The van der Waals surface area contributed by atoms with Crippen LogP contribution in [0, 0.1) is 0 Å². The number of benzene rings is 4. The minimum Gasteiger partial charge on any atom is -0.496 e. The maximum atomic E-state index is 13.3. The van der Waals surface area contributed by atoms with Gasteiger partial charge in [0.1, 0.15) is 22.3 Å². The molecule has 0 spiro atoms. The third-order valence-corrected chi connectivity index (χ3v) is 7.09. The van der Waals surface area contributed by atoms with Crippen LogP contribution in [0.4, 0.5) is 11.4 Å². The van der Waals surface area contributed by atoms with Gasteiger partial charge in [-0.3, -0.25) is 9.59 Å². The monoisotopic (exact) mass is 532 g/mol. The van der Waals surface area contributed by atoms with E-state index >= 15 is 0 Å². The molecule has 188 valence electrons. The van der Waals surface area contributed by atoms with E-state index in [1.165, 1.54) is 26.0 Å². The summed E-state index contributed by atoms with van der Waals surface area (Å²) < 4.78 is 10.7. The minimum absolute atomic E-state index is 0.190. The maximum Gasteiger partial charge on any atom is 0.263 e. The topological polar surface area (TPSA) is 76.7 Å². The summed E-state index contributed by atoms with van der Waals surface area (Å²) in [6.45, 7) is 0. The normalized spacial score (nSPS) is 11.3. The Morgan fingerprint density at radius 1 is 0.757 bits per heavy atom. The molecule has 0 saturated heterocycles. The van der Waals surface area contributed by atoms with Crippen molar-refractivity contribution in [3.8, 4) is 11.5 Å². The van der Waals surface area contributed by atoms with E-state index < -0.39 is 5.25 Å². The van der Waals surface area contributed by atoms with Crippen molar-refractivity contribution in [3.63, 3.8) is 0 Å². The predicted molar refractivity (Wildman–Crippen MR) is 149 cm³/mol. The number of methoxy groups -OCH3 is 2. The molecule has 2 amide bonds. The molecular weight excluding hydrogens is 508 g/mol. The Kier molecular flexibility index (Phi) is 8.72. The third-order valence-electron chi connectivity index (χ3n) is 5.49. The Morgan fingerprint density at radius 3 is 2.00 bits per heavy atom. The molecule has 0 heterocycles. The number of hydrogen-bond acceptors (Lipinski definition) is 5. The van der Waals surface area contributed by atoms with Crippen LogP contribution in [-0.4, -0.2) is 26.0 Å². The highest BCUT2D eigenvalue weighted by Gasteiger charge is 2.23. The Labute approximate surface area is 225 Å². The summed E-state index contributed by atoms with van der Waals surface area (Å²) in [4.78, 5) is 27.1. The van der Waals surface area contributed by atoms with Crippen molar-refractivity contribution in [1.82, 2.24) is 0 Å². The molecule has 4 rings (SSSR count). The van der Waals surface area contributed by atoms with E-state index in [2.05, 4.69) is 10.6 Å². The van der Waals surface area contributed by atoms with Gasteiger partial charge in [-0.1, -0.05) is 60.1 Å². The first-order chi connectivity index (χ1) is 18.0. The highest BCUT2D eigenvalue weighted by molar-refractivity contribution is 8.00. The second kappa shape index (κ2) is 12.3. The van der Waals surface area contributed by atoms with E-state index in [1.54, 1.807) is 42.5 Å². The Morgan fingerprint density at radius 2 is 1.38 bits per heavy atom. The molecule has 6 nitrogen and oxygen atoms in total. The first-order valence-corrected chi connectivity index (χ1v) is 12.7. The molecule has 8 heteroatoms. The van der Waals surface area contributed by atoms with Crippen LogP contribution in [0.2, 0.25) is 5.02 Å². The van der Waals surface area contributed by atoms with Crippen molar-refractivity contribution in [2.45, 2.75) is 10.1 Å². The molecule has 1 atom stereocenters. The van der Waals surface area contributed by atoms with Crippen molar-refractivity contribution in [1.29, 1.82) is 0 Å². The average Bonchev–Trinajstić information content (AvgIpc) is 2.93. The smallest absolute Gasteiger partial charge is 0.263 e. The van der Waals surface area contributed by atoms with E-state index in [0.29, 0.717) is 33.5 Å². The van der Waals surface area contributed by atoms with Gasteiger partial charge in [-0.15, -0.1) is 11.8 Å². The Balaban J connectivity index is 1.52. The molecule has 0 aromatic heterocycles. The van der Waals surface area contributed by atoms with Crippen molar-refractivity contribution in [2.24, 2.45) is 0 Å². The van der Waals surface area contributed by atoms with Gasteiger partial charge in [-0.25, -0.2) is 0 Å². The molecular formula is C29H25ClN2O4S. The van der Waals surface area contributed by atoms with Gasteiger partial charge in [-0.2, -0.15) is 0 Å². The van der Waals surface area contributed by atoms with E-state index in [1.807, 2.05) is 54.6 Å². The highest BCUT2D eigenvalue weighted by atomic mass is 35.5. The van der Waals surface area contributed by atoms with Gasteiger partial charge in [0.2, 0.25) is 5.91 Å². The molecule has 0 aliphatic rings. The molecule has 0 saturated carbocycles. The number of anilines is 2. The second-order valence-corrected chi connectivity index (χ2v) is 9.48. The average molecular weight is 533 g/mol. The number of carbonyl (C=O) groups is 2. The zero-order valence-corrected chi connectivity index (χ0v) is 21.8. The van der Waals surface area contributed by atoms with Crippen molar-refractivity contribution in [3.05, 3.63) is 113 Å². The van der Waals surface area contributed by atoms with E-state index in [4.69, 9.17) is 21.1 Å². The molecule has 1 unspecified atom stereocenters. The summed E-state index contributed by atoms with van der Waals surface area (Å²) in [6, 6.07) is 29.1. The molecule has 0 bridgehead atoms. The number of hydrogen-bond donors (Lipinski definition) is 2. The standard InChI is InChI=1S/C29H25ClN2O4S/c1-35-24-13-8-14-25(36-2)26(24)28(33)31-20-15-17-21(18-16-20)37-27(19-9-4-3-5-10-19)29(34)32-23-12-7-6-11-22(23)30/h3-18,27H,1-2H3,(H,31,33)(H,32,34). The van der Waals surface area contributed by atoms with Gasteiger partial charge in [0.15, 0.2) is 0 Å². The number of para-hydroxylation sites is 1. The lowest BCUT2D eigenvalue weighted by Gasteiger charge is -2.18. The fourth-order valence-corrected chi connectivity index (χ4v) is 4.89. The predicted octanol–water partition coefficient (Wildman–Crippen LogP) is 7.08. The molecule has 4 aromatic carbocycles. The zero-order valence-electron chi connectivity index (χ0n) is 20.2. The summed E-state index contributed by atoms with van der Waals surface area (Å²) in [5.41, 5.74) is 2.32. The van der Waals surface area contributed by atoms with Gasteiger partial charge in [-0.05, 0) is 54.1 Å². The lowest BCUT2D eigenvalue weighted by molar-refractivity contribution is -0.115. The first-order valence-electron chi connectivity index (χ1n) is 11.4. The Hall–Kier alpha value is -3.94. The molecule has 0 aliphatic carbocycles. The largest absolute Gasteiger partial charge is 0.496 e. The van der Waals surface area contributed by atoms with E-state index in [0.717, 1.165) is 10.5 Å². The number of amides is 2. The fraction of sp³-hybridized carbons (Fsp3) is 0.103. The number of ether oxygens (including phenoxy) is 2. The molecule has 4 aromatic rings. The maximum absolute atomic E-state index is 13.3. The van der Waals surface area contributed by atoms with Crippen molar-refractivity contribution in [2.75, 3.05) is 24.9 Å². The SMILES string of the molecule is COc1cccc(OC)c1C(=O)Nc1ccc(SC(C(=O)Nc2ccccc2Cl)c2ccccc2)cc1. The van der Waals surface area contributed by atoms with Gasteiger partial charge in [0.25, 0.3) is 5.91 Å². The summed E-state index contributed by atoms with van der Waals surface area (Å²) in [6.07, 6.45) is 0. The quantitative estimate of drug-likeness (QED) is 0.225. The van der Waals surface area contributed by atoms with Crippen LogP contribution in [0.1, 0.15) is 21.2 Å². The Bertz CT molecular complexity index is 1360. The van der Waals surface area contributed by atoms with Crippen LogP contribution >= 0.6 is 23.4 Å². The highest BCUT2D eigenvalue weighted by Crippen LogP contribution is 2.37. The van der Waals surface area contributed by atoms with Gasteiger partial charge in [0.05, 0.1) is 24.9 Å². The third kappa shape index (κ3) is 6.44. The number of carbonyl (C=O) groups excluding carboxylic acids is 2. The first kappa shape index (κ1) is 26.1. The molecule has 0 aliphatic heterocycles. The van der Waals surface area contributed by atoms with Gasteiger partial charge in [0, 0.05) is 10.6 Å². The van der Waals surface area contributed by atoms with Crippen LogP contribution < -0.4 is 20.1 Å². The second-order valence-electron chi connectivity index (χ2n) is 7.89. The molecule has 2 N–H and O–H groups in total. The zero-order chi connectivity index (χ0) is 26.2. The minimum atomic E-state index is -0.518. The number of rotatable bonds is 9. The molecule has 0 fully saturated rings. The number of halogens is 1. The van der Waals surface area contributed by atoms with Gasteiger partial charge >= 0.3 is 0 Å². The number of thioether (sulfide) groups is 1. The van der Waals surface area contributed by atoms with Crippen molar-refractivity contribution < 1.29 is 19.1 Å². The van der Waals surface area contributed by atoms with Crippen LogP contribution in [0.25, 0.3) is 0 Å². The van der Waals surface area contributed by atoms with Crippen LogP contribution in [0.15, 0.2) is 102 Å². The molecule has 37 heavy (non-hydrogen) atoms. The van der Waals surface area contributed by atoms with E-state index in [-0.39, 0.29) is 11.8 Å². The summed E-state index contributed by atoms with van der Waals surface area (Å²) >= 11 is 7.65. The number of nitrogens with one attached hydrogen (secondary N) is 2. The fourth-order valence-electron chi connectivity index (χ4n) is 3.68. The summed E-state index contributed by atoms with van der Waals surface area (Å²) in [5, 5.41) is 5.77. The van der Waals surface area contributed by atoms with Crippen LogP contribution in [0.5, 0.6) is 11.5 Å². The lowest BCUT2D eigenvalue weighted by atomic mass is 10.1.